The maximum absolute atomic E-state index is 11.2. The highest BCUT2D eigenvalue weighted by Gasteiger charge is 2.21. The maximum atomic E-state index is 11.2. The minimum absolute atomic E-state index is 0.180. The summed E-state index contributed by atoms with van der Waals surface area (Å²) in [5.74, 6) is -1.44. The zero-order chi connectivity index (χ0) is 11.7. The van der Waals surface area contributed by atoms with E-state index in [0.717, 1.165) is 25.7 Å². The Balaban J connectivity index is 3.61. The standard InChI is InChI=1S/C11H20O4/c1-2-3-4-5-6-7-9(13)11(15)10(14)8-12/h10,12,14H,2-8H2,1H3. The van der Waals surface area contributed by atoms with Crippen LogP contribution in [0.1, 0.15) is 45.4 Å². The zero-order valence-electron chi connectivity index (χ0n) is 9.24. The van der Waals surface area contributed by atoms with E-state index in [9.17, 15) is 9.59 Å². The molecule has 0 aromatic carbocycles. The Labute approximate surface area is 90.3 Å². The Morgan fingerprint density at radius 3 is 2.27 bits per heavy atom. The van der Waals surface area contributed by atoms with Gasteiger partial charge in [-0.05, 0) is 6.42 Å². The zero-order valence-corrected chi connectivity index (χ0v) is 9.24. The number of Topliss-reactive ketones (excluding diaryl/α,β-unsaturated/α-hetero) is 2. The molecule has 0 saturated carbocycles. The molecule has 0 bridgehead atoms. The van der Waals surface area contributed by atoms with Gasteiger partial charge in [0.2, 0.25) is 11.6 Å². The van der Waals surface area contributed by atoms with Gasteiger partial charge in [-0.15, -0.1) is 0 Å². The van der Waals surface area contributed by atoms with Crippen molar-refractivity contribution in [3.05, 3.63) is 0 Å². The molecule has 4 nitrogen and oxygen atoms in total. The van der Waals surface area contributed by atoms with Crippen molar-refractivity contribution in [1.82, 2.24) is 0 Å². The van der Waals surface area contributed by atoms with Crippen LogP contribution in [-0.2, 0) is 9.59 Å². The predicted molar refractivity (Wildman–Crippen MR) is 56.5 cm³/mol. The Bertz CT molecular complexity index is 201. The minimum atomic E-state index is -1.53. The molecule has 0 aromatic heterocycles. The van der Waals surface area contributed by atoms with Crippen LogP contribution in [0.2, 0.25) is 0 Å². The fourth-order valence-electron chi connectivity index (χ4n) is 1.28. The molecule has 0 aliphatic rings. The normalized spacial score (nSPS) is 12.5. The van der Waals surface area contributed by atoms with Crippen LogP contribution in [-0.4, -0.2) is 34.5 Å². The number of unbranched alkanes of at least 4 members (excludes halogenated alkanes) is 4. The van der Waals surface area contributed by atoms with E-state index in [4.69, 9.17) is 10.2 Å². The summed E-state index contributed by atoms with van der Waals surface area (Å²) in [7, 11) is 0. The first-order valence-corrected chi connectivity index (χ1v) is 5.49. The smallest absolute Gasteiger partial charge is 0.229 e. The van der Waals surface area contributed by atoms with E-state index < -0.39 is 24.3 Å². The van der Waals surface area contributed by atoms with Gasteiger partial charge in [0, 0.05) is 6.42 Å². The summed E-state index contributed by atoms with van der Waals surface area (Å²) < 4.78 is 0. The van der Waals surface area contributed by atoms with E-state index in [1.165, 1.54) is 0 Å². The number of hydrogen-bond donors (Lipinski definition) is 2. The molecule has 0 rings (SSSR count). The van der Waals surface area contributed by atoms with Crippen LogP contribution in [0.25, 0.3) is 0 Å². The summed E-state index contributed by atoms with van der Waals surface area (Å²) in [5, 5.41) is 17.4. The molecule has 4 heteroatoms. The van der Waals surface area contributed by atoms with Gasteiger partial charge in [0.1, 0.15) is 6.10 Å². The molecular formula is C11H20O4. The summed E-state index contributed by atoms with van der Waals surface area (Å²) in [6.45, 7) is 1.42. The fourth-order valence-corrected chi connectivity index (χ4v) is 1.28. The molecule has 0 saturated heterocycles. The highest BCUT2D eigenvalue weighted by atomic mass is 16.3. The number of carbonyl (C=O) groups is 2. The van der Waals surface area contributed by atoms with Gasteiger partial charge in [0.25, 0.3) is 0 Å². The molecule has 0 aliphatic carbocycles. The number of aliphatic hydroxyl groups excluding tert-OH is 2. The maximum Gasteiger partial charge on any atom is 0.229 e. The first-order valence-electron chi connectivity index (χ1n) is 5.49. The molecule has 0 aliphatic heterocycles. The van der Waals surface area contributed by atoms with E-state index >= 15 is 0 Å². The third-order valence-corrected chi connectivity index (χ3v) is 2.26. The number of carbonyl (C=O) groups excluding carboxylic acids is 2. The molecular weight excluding hydrogens is 196 g/mol. The second-order valence-electron chi connectivity index (χ2n) is 3.65. The van der Waals surface area contributed by atoms with Gasteiger partial charge in [0.05, 0.1) is 6.61 Å². The topological polar surface area (TPSA) is 74.6 Å². The quantitative estimate of drug-likeness (QED) is 0.442. The van der Waals surface area contributed by atoms with Crippen LogP contribution in [0.3, 0.4) is 0 Å². The van der Waals surface area contributed by atoms with E-state index in [0.29, 0.717) is 6.42 Å². The van der Waals surface area contributed by atoms with Crippen molar-refractivity contribution in [1.29, 1.82) is 0 Å². The molecule has 1 atom stereocenters. The van der Waals surface area contributed by atoms with Crippen LogP contribution < -0.4 is 0 Å². The van der Waals surface area contributed by atoms with Crippen molar-refractivity contribution in [2.45, 2.75) is 51.6 Å². The average Bonchev–Trinajstić information content (AvgIpc) is 2.26. The molecule has 0 fully saturated rings. The van der Waals surface area contributed by atoms with Crippen molar-refractivity contribution >= 4 is 11.6 Å². The molecule has 0 amide bonds. The summed E-state index contributed by atoms with van der Waals surface area (Å²) in [5.41, 5.74) is 0. The minimum Gasteiger partial charge on any atom is -0.393 e. The number of rotatable bonds is 9. The number of ketones is 2. The summed E-state index contributed by atoms with van der Waals surface area (Å²) in [4.78, 5) is 22.2. The molecule has 0 aromatic rings. The van der Waals surface area contributed by atoms with E-state index in [-0.39, 0.29) is 6.42 Å². The Morgan fingerprint density at radius 1 is 1.13 bits per heavy atom. The highest BCUT2D eigenvalue weighted by molar-refractivity contribution is 6.38. The average molecular weight is 216 g/mol. The largest absolute Gasteiger partial charge is 0.393 e. The van der Waals surface area contributed by atoms with Gasteiger partial charge in [-0.3, -0.25) is 9.59 Å². The summed E-state index contributed by atoms with van der Waals surface area (Å²) >= 11 is 0. The van der Waals surface area contributed by atoms with Crippen molar-refractivity contribution in [2.24, 2.45) is 0 Å². The van der Waals surface area contributed by atoms with Crippen molar-refractivity contribution in [3.8, 4) is 0 Å². The predicted octanol–water partition coefficient (Wildman–Crippen LogP) is 0.838. The third kappa shape index (κ3) is 6.36. The van der Waals surface area contributed by atoms with Crippen LogP contribution in [0, 0.1) is 0 Å². The first-order chi connectivity index (χ1) is 7.13. The fraction of sp³-hybridized carbons (Fsp3) is 0.818. The first kappa shape index (κ1) is 14.3. The van der Waals surface area contributed by atoms with Crippen LogP contribution in [0.5, 0.6) is 0 Å². The van der Waals surface area contributed by atoms with Crippen molar-refractivity contribution < 1.29 is 19.8 Å². The van der Waals surface area contributed by atoms with Gasteiger partial charge < -0.3 is 10.2 Å². The molecule has 0 radical (unpaired) electrons. The van der Waals surface area contributed by atoms with Gasteiger partial charge in [0.15, 0.2) is 0 Å². The molecule has 0 heterocycles. The molecule has 1 unspecified atom stereocenters. The van der Waals surface area contributed by atoms with Crippen molar-refractivity contribution in [2.75, 3.05) is 6.61 Å². The van der Waals surface area contributed by atoms with Crippen LogP contribution in [0.15, 0.2) is 0 Å². The monoisotopic (exact) mass is 216 g/mol. The number of aliphatic hydroxyl groups is 2. The highest BCUT2D eigenvalue weighted by Crippen LogP contribution is 2.06. The van der Waals surface area contributed by atoms with Crippen LogP contribution >= 0.6 is 0 Å². The van der Waals surface area contributed by atoms with Gasteiger partial charge in [-0.2, -0.15) is 0 Å². The Kier molecular flexibility index (Phi) is 8.14. The lowest BCUT2D eigenvalue weighted by Gasteiger charge is -2.04. The van der Waals surface area contributed by atoms with Gasteiger partial charge in [-0.1, -0.05) is 32.6 Å². The third-order valence-electron chi connectivity index (χ3n) is 2.26. The van der Waals surface area contributed by atoms with Gasteiger partial charge in [-0.25, -0.2) is 0 Å². The summed E-state index contributed by atoms with van der Waals surface area (Å²) in [6.07, 6.45) is 3.61. The molecule has 0 spiro atoms. The molecule has 2 N–H and O–H groups in total. The SMILES string of the molecule is CCCCCCCC(=O)C(=O)C(O)CO. The van der Waals surface area contributed by atoms with Crippen LogP contribution in [0.4, 0.5) is 0 Å². The van der Waals surface area contributed by atoms with E-state index in [2.05, 4.69) is 6.92 Å². The second kappa shape index (κ2) is 8.56. The lowest BCUT2D eigenvalue weighted by atomic mass is 10.0. The second-order valence-corrected chi connectivity index (χ2v) is 3.65. The van der Waals surface area contributed by atoms with Gasteiger partial charge >= 0.3 is 0 Å². The summed E-state index contributed by atoms with van der Waals surface area (Å²) in [6, 6.07) is 0. The molecule has 15 heavy (non-hydrogen) atoms. The van der Waals surface area contributed by atoms with Crippen molar-refractivity contribution in [3.63, 3.8) is 0 Å². The Hall–Kier alpha value is -0.740. The molecule has 88 valence electrons. The number of hydrogen-bond acceptors (Lipinski definition) is 4. The lowest BCUT2D eigenvalue weighted by molar-refractivity contribution is -0.142. The Morgan fingerprint density at radius 2 is 1.73 bits per heavy atom. The van der Waals surface area contributed by atoms with E-state index in [1.54, 1.807) is 0 Å². The lowest BCUT2D eigenvalue weighted by Crippen LogP contribution is -2.31. The van der Waals surface area contributed by atoms with E-state index in [1.807, 2.05) is 0 Å².